The Kier molecular flexibility index (Phi) is 8.13. The average molecular weight is 561 g/mol. The van der Waals surface area contributed by atoms with Crippen LogP contribution in [0, 0.1) is 11.6 Å². The molecule has 3 aromatic carbocycles. The quantitative estimate of drug-likeness (QED) is 0.361. The lowest BCUT2D eigenvalue weighted by Crippen LogP contribution is -2.51. The number of rotatable bonds is 9. The topological polar surface area (TPSA) is 80.3 Å². The molecule has 212 valence electrons. The molecule has 2 aliphatic rings. The van der Waals surface area contributed by atoms with E-state index in [-0.39, 0.29) is 48.3 Å². The highest BCUT2D eigenvalue weighted by Gasteiger charge is 2.43. The van der Waals surface area contributed by atoms with Gasteiger partial charge in [-0.1, -0.05) is 12.1 Å². The fourth-order valence-corrected chi connectivity index (χ4v) is 4.79. The number of carbonyl (C=O) groups excluding carboxylic acids is 1. The zero-order valence-corrected chi connectivity index (χ0v) is 21.4. The average Bonchev–Trinajstić information content (AvgIpc) is 3.47. The van der Waals surface area contributed by atoms with E-state index in [4.69, 9.17) is 14.2 Å². The number of likely N-dealkylation sites (tertiary alicyclic amines) is 1. The fourth-order valence-electron chi connectivity index (χ4n) is 4.79. The maximum atomic E-state index is 15.4. The third kappa shape index (κ3) is 6.15. The maximum Gasteiger partial charge on any atom is 0.349 e. The standard InChI is InChI=1S/C29H28F4N2O5/c30-20-6-8-21(9-7-20)40-22-5-3-4-19(16-22)29(32,33)28(37)34-24(17-35-10-1-2-11-35)26(36)18-14-23(31)27-25(15-18)38-12-13-39-27/h3-9,14-16,24,26,36H,1-2,10-13,17H2,(H,34,37). The number of aliphatic hydroxyl groups is 1. The van der Waals surface area contributed by atoms with Crippen LogP contribution in [0.5, 0.6) is 23.0 Å². The van der Waals surface area contributed by atoms with Crippen molar-refractivity contribution in [3.05, 3.63) is 83.4 Å². The third-order valence-corrected chi connectivity index (χ3v) is 6.84. The highest BCUT2D eigenvalue weighted by Crippen LogP contribution is 2.37. The van der Waals surface area contributed by atoms with Crippen molar-refractivity contribution in [2.24, 2.45) is 0 Å². The number of ether oxygens (including phenoxy) is 3. The smallest absolute Gasteiger partial charge is 0.349 e. The minimum atomic E-state index is -4.00. The second kappa shape index (κ2) is 11.7. The first kappa shape index (κ1) is 27.7. The predicted octanol–water partition coefficient (Wildman–Crippen LogP) is 4.93. The normalized spacial score (nSPS) is 16.8. The van der Waals surface area contributed by atoms with Crippen molar-refractivity contribution < 1.29 is 41.7 Å². The van der Waals surface area contributed by atoms with Crippen molar-refractivity contribution in [2.75, 3.05) is 32.8 Å². The summed E-state index contributed by atoms with van der Waals surface area (Å²) in [7, 11) is 0. The molecule has 3 aromatic rings. The highest BCUT2D eigenvalue weighted by molar-refractivity contribution is 5.85. The summed E-state index contributed by atoms with van der Waals surface area (Å²) in [6.07, 6.45) is 0.276. The van der Waals surface area contributed by atoms with Crippen LogP contribution in [0.4, 0.5) is 17.6 Å². The third-order valence-electron chi connectivity index (χ3n) is 6.84. The van der Waals surface area contributed by atoms with Crippen LogP contribution in [0.2, 0.25) is 0 Å². The van der Waals surface area contributed by atoms with Crippen LogP contribution >= 0.6 is 0 Å². The predicted molar refractivity (Wildman–Crippen MR) is 137 cm³/mol. The number of alkyl halides is 2. The van der Waals surface area contributed by atoms with E-state index in [0.29, 0.717) is 13.1 Å². The molecule has 2 aliphatic heterocycles. The summed E-state index contributed by atoms with van der Waals surface area (Å²) < 4.78 is 75.0. The first-order valence-corrected chi connectivity index (χ1v) is 12.9. The van der Waals surface area contributed by atoms with E-state index >= 15 is 8.78 Å². The van der Waals surface area contributed by atoms with Crippen LogP contribution < -0.4 is 19.5 Å². The lowest BCUT2D eigenvalue weighted by molar-refractivity contribution is -0.149. The molecule has 2 heterocycles. The van der Waals surface area contributed by atoms with E-state index < -0.39 is 41.2 Å². The van der Waals surface area contributed by atoms with Gasteiger partial charge < -0.3 is 29.5 Å². The zero-order chi connectivity index (χ0) is 28.3. The van der Waals surface area contributed by atoms with Crippen LogP contribution in [-0.4, -0.2) is 54.8 Å². The van der Waals surface area contributed by atoms with Crippen molar-refractivity contribution >= 4 is 5.91 Å². The molecule has 2 atom stereocenters. The van der Waals surface area contributed by atoms with Gasteiger partial charge in [-0.15, -0.1) is 0 Å². The number of amides is 1. The number of carbonyl (C=O) groups is 1. The second-order valence-electron chi connectivity index (χ2n) is 9.72. The van der Waals surface area contributed by atoms with E-state index in [1.165, 1.54) is 42.5 Å². The number of hydrogen-bond acceptors (Lipinski definition) is 6. The summed E-state index contributed by atoms with van der Waals surface area (Å²) in [6.45, 7) is 1.79. The second-order valence-corrected chi connectivity index (χ2v) is 9.72. The van der Waals surface area contributed by atoms with Gasteiger partial charge in [0.05, 0.1) is 6.04 Å². The lowest BCUT2D eigenvalue weighted by atomic mass is 9.99. The number of benzene rings is 3. The summed E-state index contributed by atoms with van der Waals surface area (Å²) in [5.74, 6) is -6.61. The zero-order valence-electron chi connectivity index (χ0n) is 21.4. The summed E-state index contributed by atoms with van der Waals surface area (Å²) in [6, 6.07) is 11.1. The molecule has 0 spiro atoms. The molecule has 1 fully saturated rings. The number of hydrogen-bond donors (Lipinski definition) is 2. The van der Waals surface area contributed by atoms with Crippen molar-refractivity contribution in [2.45, 2.75) is 30.9 Å². The first-order chi connectivity index (χ1) is 19.2. The Morgan fingerprint density at radius 2 is 1.73 bits per heavy atom. The summed E-state index contributed by atoms with van der Waals surface area (Å²) in [5.41, 5.74) is -0.575. The van der Waals surface area contributed by atoms with Crippen LogP contribution in [0.15, 0.2) is 60.7 Å². The molecule has 1 saturated heterocycles. The largest absolute Gasteiger partial charge is 0.486 e. The van der Waals surface area contributed by atoms with Gasteiger partial charge in [0, 0.05) is 12.1 Å². The molecule has 2 unspecified atom stereocenters. The van der Waals surface area contributed by atoms with Crippen LogP contribution in [0.25, 0.3) is 0 Å². The van der Waals surface area contributed by atoms with E-state index in [1.54, 1.807) is 0 Å². The van der Waals surface area contributed by atoms with Gasteiger partial charge in [-0.3, -0.25) is 4.79 Å². The van der Waals surface area contributed by atoms with Crippen LogP contribution in [0.3, 0.4) is 0 Å². The Bertz CT molecular complexity index is 1350. The highest BCUT2D eigenvalue weighted by atomic mass is 19.3. The summed E-state index contributed by atoms with van der Waals surface area (Å²) in [4.78, 5) is 14.9. The monoisotopic (exact) mass is 560 g/mol. The minimum absolute atomic E-state index is 0.0250. The molecule has 2 N–H and O–H groups in total. The molecule has 7 nitrogen and oxygen atoms in total. The fraction of sp³-hybridized carbons (Fsp3) is 0.345. The van der Waals surface area contributed by atoms with Gasteiger partial charge >= 0.3 is 5.92 Å². The number of fused-ring (bicyclic) bond motifs is 1. The van der Waals surface area contributed by atoms with E-state index in [2.05, 4.69) is 5.32 Å². The number of nitrogens with zero attached hydrogens (tertiary/aromatic N) is 1. The van der Waals surface area contributed by atoms with Crippen LogP contribution in [0.1, 0.15) is 30.1 Å². The van der Waals surface area contributed by atoms with E-state index in [0.717, 1.165) is 31.0 Å². The Morgan fingerprint density at radius 3 is 2.48 bits per heavy atom. The molecule has 40 heavy (non-hydrogen) atoms. The Balaban J connectivity index is 1.36. The Morgan fingerprint density at radius 1 is 1.00 bits per heavy atom. The Hall–Kier alpha value is -3.83. The number of halogens is 4. The molecule has 11 heteroatoms. The summed E-state index contributed by atoms with van der Waals surface area (Å²) in [5, 5.41) is 13.5. The van der Waals surface area contributed by atoms with Gasteiger partial charge in [0.25, 0.3) is 5.91 Å². The molecular weight excluding hydrogens is 532 g/mol. The minimum Gasteiger partial charge on any atom is -0.486 e. The molecule has 5 rings (SSSR count). The lowest BCUT2D eigenvalue weighted by Gasteiger charge is -2.30. The molecule has 0 bridgehead atoms. The van der Waals surface area contributed by atoms with E-state index in [1.807, 2.05) is 4.90 Å². The van der Waals surface area contributed by atoms with Crippen molar-refractivity contribution in [3.63, 3.8) is 0 Å². The molecular formula is C29H28F4N2O5. The van der Waals surface area contributed by atoms with Gasteiger partial charge in [0.15, 0.2) is 17.3 Å². The van der Waals surface area contributed by atoms with Crippen molar-refractivity contribution in [1.82, 2.24) is 10.2 Å². The van der Waals surface area contributed by atoms with E-state index in [9.17, 15) is 18.7 Å². The maximum absolute atomic E-state index is 15.4. The molecule has 0 saturated carbocycles. The number of aliphatic hydroxyl groups excluding tert-OH is 1. The van der Waals surface area contributed by atoms with Crippen molar-refractivity contribution in [1.29, 1.82) is 0 Å². The molecule has 0 aromatic heterocycles. The van der Waals surface area contributed by atoms with Gasteiger partial charge in [-0.25, -0.2) is 8.78 Å². The molecule has 0 aliphatic carbocycles. The van der Waals surface area contributed by atoms with Gasteiger partial charge in [0.2, 0.25) is 0 Å². The van der Waals surface area contributed by atoms with Gasteiger partial charge in [0.1, 0.15) is 36.6 Å². The van der Waals surface area contributed by atoms with Crippen LogP contribution in [-0.2, 0) is 10.7 Å². The Labute approximate surface area is 228 Å². The van der Waals surface area contributed by atoms with Gasteiger partial charge in [-0.2, -0.15) is 8.78 Å². The van der Waals surface area contributed by atoms with Crippen molar-refractivity contribution in [3.8, 4) is 23.0 Å². The number of nitrogens with one attached hydrogen (secondary N) is 1. The van der Waals surface area contributed by atoms with Gasteiger partial charge in [-0.05, 0) is 80.0 Å². The molecule has 0 radical (unpaired) electrons. The molecule has 1 amide bonds. The first-order valence-electron chi connectivity index (χ1n) is 12.9. The SMILES string of the molecule is O=C(NC(CN1CCCC1)C(O)c1cc(F)c2c(c1)OCCO2)C(F)(F)c1cccc(Oc2ccc(F)cc2)c1. The summed E-state index contributed by atoms with van der Waals surface area (Å²) >= 11 is 0.